The molecule has 9 heteroatoms. The molecule has 0 saturated heterocycles. The lowest BCUT2D eigenvalue weighted by Gasteiger charge is -2.26. The third-order valence-electron chi connectivity index (χ3n) is 3.80. The van der Waals surface area contributed by atoms with Crippen LogP contribution in [0.4, 0.5) is 19.0 Å². The van der Waals surface area contributed by atoms with Gasteiger partial charge in [-0.2, -0.15) is 17.7 Å². The number of rotatable bonds is 2. The van der Waals surface area contributed by atoms with E-state index in [1.54, 1.807) is 17.8 Å². The fraction of sp³-hybridized carbons (Fsp3) is 0.267. The minimum atomic E-state index is -4.60. The number of nitrogens with zero attached hydrogens (tertiary/aromatic N) is 4. The molecular weight excluding hydrogens is 339 g/mol. The number of hydrogen-bond acceptors (Lipinski definition) is 5. The summed E-state index contributed by atoms with van der Waals surface area (Å²) in [6.07, 6.45) is -3.73. The lowest BCUT2D eigenvalue weighted by atomic mass is 10.0. The molecule has 0 aliphatic carbocycles. The Balaban J connectivity index is 1.69. The second-order valence-corrected chi connectivity index (χ2v) is 6.52. The fourth-order valence-corrected chi connectivity index (χ4v) is 3.84. The van der Waals surface area contributed by atoms with Gasteiger partial charge in [-0.1, -0.05) is 18.2 Å². The van der Waals surface area contributed by atoms with E-state index in [2.05, 4.69) is 20.6 Å². The van der Waals surface area contributed by atoms with Crippen molar-refractivity contribution in [1.82, 2.24) is 19.8 Å². The number of hydrogen-bond donors (Lipinski definition) is 1. The van der Waals surface area contributed by atoms with Gasteiger partial charge in [-0.05, 0) is 30.2 Å². The van der Waals surface area contributed by atoms with Gasteiger partial charge >= 0.3 is 6.18 Å². The van der Waals surface area contributed by atoms with E-state index in [-0.39, 0.29) is 11.7 Å². The number of aromatic nitrogens is 4. The monoisotopic (exact) mass is 351 g/mol. The van der Waals surface area contributed by atoms with Crippen molar-refractivity contribution in [2.75, 3.05) is 11.1 Å². The van der Waals surface area contributed by atoms with Crippen LogP contribution in [0.2, 0.25) is 0 Å². The highest BCUT2D eigenvalue weighted by Crippen LogP contribution is 2.37. The molecule has 0 spiro atoms. The number of benzene rings is 1. The third-order valence-corrected chi connectivity index (χ3v) is 4.92. The summed E-state index contributed by atoms with van der Waals surface area (Å²) in [7, 11) is 0. The Bertz CT molecular complexity index is 892. The molecule has 124 valence electrons. The van der Waals surface area contributed by atoms with Crippen LogP contribution in [0, 0.1) is 0 Å². The highest BCUT2D eigenvalue weighted by atomic mass is 32.2. The summed E-state index contributed by atoms with van der Waals surface area (Å²) in [4.78, 5) is 1.18. The van der Waals surface area contributed by atoms with E-state index in [1.807, 2.05) is 24.3 Å². The van der Waals surface area contributed by atoms with Crippen LogP contribution in [0.1, 0.15) is 23.9 Å². The van der Waals surface area contributed by atoms with Crippen LogP contribution in [-0.2, 0) is 6.18 Å². The largest absolute Gasteiger partial charge is 0.453 e. The minimum absolute atomic E-state index is 0.0122. The van der Waals surface area contributed by atoms with Crippen LogP contribution < -0.4 is 5.32 Å². The number of alkyl halides is 3. The Morgan fingerprint density at radius 3 is 2.79 bits per heavy atom. The molecule has 3 aromatic rings. The van der Waals surface area contributed by atoms with Gasteiger partial charge in [0.15, 0.2) is 5.65 Å². The van der Waals surface area contributed by atoms with Crippen molar-refractivity contribution >= 4 is 23.2 Å². The molecule has 1 aliphatic rings. The van der Waals surface area contributed by atoms with E-state index in [0.29, 0.717) is 5.82 Å². The zero-order valence-electron chi connectivity index (χ0n) is 12.3. The molecule has 0 amide bonds. The van der Waals surface area contributed by atoms with Crippen LogP contribution in [-0.4, -0.2) is 25.6 Å². The molecule has 0 fully saturated rings. The predicted octanol–water partition coefficient (Wildman–Crippen LogP) is 3.79. The molecule has 1 N–H and O–H groups in total. The average molecular weight is 351 g/mol. The molecular formula is C15H12F3N5S. The quantitative estimate of drug-likeness (QED) is 0.761. The number of halogens is 3. The summed E-state index contributed by atoms with van der Waals surface area (Å²) in [5.74, 6) is 0.178. The second kappa shape index (κ2) is 5.66. The van der Waals surface area contributed by atoms with Crippen LogP contribution >= 0.6 is 11.8 Å². The molecule has 4 rings (SSSR count). The molecule has 0 bridgehead atoms. The molecule has 1 aromatic carbocycles. The summed E-state index contributed by atoms with van der Waals surface area (Å²) in [6.45, 7) is 0. The van der Waals surface area contributed by atoms with Crippen molar-refractivity contribution in [3.8, 4) is 0 Å². The Morgan fingerprint density at radius 1 is 1.12 bits per heavy atom. The Hall–Kier alpha value is -2.29. The number of anilines is 1. The Kier molecular flexibility index (Phi) is 3.60. The summed E-state index contributed by atoms with van der Waals surface area (Å²) in [6, 6.07) is 11.1. The van der Waals surface area contributed by atoms with Crippen molar-refractivity contribution in [2.24, 2.45) is 0 Å². The van der Waals surface area contributed by atoms with Gasteiger partial charge in [-0.15, -0.1) is 27.1 Å². The highest BCUT2D eigenvalue weighted by Gasteiger charge is 2.37. The lowest BCUT2D eigenvalue weighted by molar-refractivity contribution is -0.146. The van der Waals surface area contributed by atoms with Crippen molar-refractivity contribution in [3.05, 3.63) is 47.8 Å². The van der Waals surface area contributed by atoms with Crippen LogP contribution in [0.15, 0.2) is 41.3 Å². The van der Waals surface area contributed by atoms with Crippen LogP contribution in [0.25, 0.3) is 5.65 Å². The molecule has 1 atom stereocenters. The zero-order valence-corrected chi connectivity index (χ0v) is 13.1. The number of fused-ring (bicyclic) bond motifs is 2. The van der Waals surface area contributed by atoms with E-state index >= 15 is 0 Å². The fourth-order valence-electron chi connectivity index (χ4n) is 2.71. The molecule has 0 radical (unpaired) electrons. The third kappa shape index (κ3) is 2.68. The van der Waals surface area contributed by atoms with Crippen molar-refractivity contribution in [2.45, 2.75) is 23.5 Å². The van der Waals surface area contributed by atoms with Crippen molar-refractivity contribution < 1.29 is 13.2 Å². The second-order valence-electron chi connectivity index (χ2n) is 5.38. The first kappa shape index (κ1) is 15.3. The van der Waals surface area contributed by atoms with Gasteiger partial charge in [0.25, 0.3) is 5.82 Å². The standard InChI is InChI=1S/C15H12F3N5S/c16-15(17,18)14-21-20-13-6-5-12(22-23(13)14)19-10-7-8-24-11-4-2-1-3-9(10)11/h1-6,10H,7-8H2,(H,19,22)/t10-/m1/s1. The van der Waals surface area contributed by atoms with E-state index in [0.717, 1.165) is 22.3 Å². The molecule has 0 unspecified atom stereocenters. The van der Waals surface area contributed by atoms with Crippen molar-refractivity contribution in [3.63, 3.8) is 0 Å². The van der Waals surface area contributed by atoms with Gasteiger partial charge in [-0.3, -0.25) is 0 Å². The zero-order chi connectivity index (χ0) is 16.7. The number of nitrogens with one attached hydrogen (secondary N) is 1. The first-order chi connectivity index (χ1) is 11.5. The first-order valence-electron chi connectivity index (χ1n) is 7.30. The van der Waals surface area contributed by atoms with Gasteiger partial charge < -0.3 is 5.32 Å². The van der Waals surface area contributed by atoms with Gasteiger partial charge in [0.1, 0.15) is 5.82 Å². The maximum absolute atomic E-state index is 13.0. The summed E-state index contributed by atoms with van der Waals surface area (Å²) < 4.78 is 39.6. The summed E-state index contributed by atoms with van der Waals surface area (Å²) in [5, 5.41) is 13.9. The lowest BCUT2D eigenvalue weighted by Crippen LogP contribution is -2.18. The molecule has 3 heterocycles. The number of thioether (sulfide) groups is 1. The van der Waals surface area contributed by atoms with E-state index in [1.165, 1.54) is 11.0 Å². The average Bonchev–Trinajstić information content (AvgIpc) is 2.99. The summed E-state index contributed by atoms with van der Waals surface area (Å²) in [5.41, 5.74) is 1.20. The van der Waals surface area contributed by atoms with Gasteiger partial charge in [0.05, 0.1) is 6.04 Å². The summed E-state index contributed by atoms with van der Waals surface area (Å²) >= 11 is 1.78. The van der Waals surface area contributed by atoms with E-state index in [9.17, 15) is 13.2 Å². The normalized spacial score (nSPS) is 17.7. The molecule has 1 aliphatic heterocycles. The Labute approximate surface area is 139 Å². The van der Waals surface area contributed by atoms with Crippen molar-refractivity contribution in [1.29, 1.82) is 0 Å². The Morgan fingerprint density at radius 2 is 1.96 bits per heavy atom. The molecule has 2 aromatic heterocycles. The minimum Gasteiger partial charge on any atom is -0.362 e. The maximum Gasteiger partial charge on any atom is 0.453 e. The highest BCUT2D eigenvalue weighted by molar-refractivity contribution is 7.99. The smallest absolute Gasteiger partial charge is 0.362 e. The SMILES string of the molecule is FC(F)(F)c1nnc2ccc(N[C@@H]3CCSc4ccccc43)nn12. The predicted molar refractivity (Wildman–Crippen MR) is 83.9 cm³/mol. The van der Waals surface area contributed by atoms with Gasteiger partial charge in [0.2, 0.25) is 0 Å². The molecule has 5 nitrogen and oxygen atoms in total. The maximum atomic E-state index is 13.0. The van der Waals surface area contributed by atoms with Gasteiger partial charge in [0, 0.05) is 10.6 Å². The van der Waals surface area contributed by atoms with E-state index < -0.39 is 12.0 Å². The topological polar surface area (TPSA) is 55.1 Å². The molecule has 24 heavy (non-hydrogen) atoms. The first-order valence-corrected chi connectivity index (χ1v) is 8.29. The molecule has 0 saturated carbocycles. The van der Waals surface area contributed by atoms with E-state index in [4.69, 9.17) is 0 Å². The van der Waals surface area contributed by atoms with Crippen LogP contribution in [0.3, 0.4) is 0 Å². The van der Waals surface area contributed by atoms with Gasteiger partial charge in [-0.25, -0.2) is 0 Å². The van der Waals surface area contributed by atoms with Crippen LogP contribution in [0.5, 0.6) is 0 Å².